The third kappa shape index (κ3) is 5.61. The molecular formula is C19H26N4O3. The molecule has 0 unspecified atom stereocenters. The summed E-state index contributed by atoms with van der Waals surface area (Å²) in [4.78, 5) is 14.3. The topological polar surface area (TPSA) is 80.5 Å². The summed E-state index contributed by atoms with van der Waals surface area (Å²) in [5.41, 5.74) is 1.63. The number of hydrogen-bond acceptors (Lipinski definition) is 5. The van der Waals surface area contributed by atoms with Crippen LogP contribution in [-0.2, 0) is 13.0 Å². The largest absolute Gasteiger partial charge is 0.489 e. The molecule has 0 saturated carbocycles. The number of rotatable bonds is 8. The van der Waals surface area contributed by atoms with E-state index in [2.05, 4.69) is 22.1 Å². The zero-order chi connectivity index (χ0) is 19.1. The van der Waals surface area contributed by atoms with Gasteiger partial charge in [0, 0.05) is 18.2 Å². The molecule has 2 amide bonds. The monoisotopic (exact) mass is 358 g/mol. The van der Waals surface area contributed by atoms with Gasteiger partial charge in [-0.15, -0.1) is 10.2 Å². The van der Waals surface area contributed by atoms with Gasteiger partial charge < -0.3 is 19.4 Å². The van der Waals surface area contributed by atoms with Gasteiger partial charge >= 0.3 is 6.03 Å². The average molecular weight is 358 g/mol. The second-order valence-electron chi connectivity index (χ2n) is 6.37. The number of hydrogen-bond donors (Lipinski definition) is 1. The molecule has 0 radical (unpaired) electrons. The van der Waals surface area contributed by atoms with Gasteiger partial charge in [0.05, 0.1) is 0 Å². The number of carbonyl (C=O) groups is 1. The number of urea groups is 1. The van der Waals surface area contributed by atoms with Gasteiger partial charge in [-0.25, -0.2) is 4.79 Å². The first-order valence-electron chi connectivity index (χ1n) is 8.65. The van der Waals surface area contributed by atoms with Crippen molar-refractivity contribution in [3.05, 3.63) is 48.2 Å². The van der Waals surface area contributed by atoms with E-state index in [1.165, 1.54) is 0 Å². The molecule has 0 aliphatic rings. The summed E-state index contributed by atoms with van der Waals surface area (Å²) < 4.78 is 11.1. The third-order valence-corrected chi connectivity index (χ3v) is 3.59. The van der Waals surface area contributed by atoms with Crippen LogP contribution in [0.5, 0.6) is 5.75 Å². The Bertz CT molecular complexity index is 737. The maximum Gasteiger partial charge on any atom is 0.322 e. The second-order valence-corrected chi connectivity index (χ2v) is 6.37. The summed E-state index contributed by atoms with van der Waals surface area (Å²) >= 11 is 0. The van der Waals surface area contributed by atoms with Crippen molar-refractivity contribution in [3.63, 3.8) is 0 Å². The van der Waals surface area contributed by atoms with Gasteiger partial charge in [0.15, 0.2) is 0 Å². The molecule has 0 bridgehead atoms. The van der Waals surface area contributed by atoms with Crippen molar-refractivity contribution >= 4 is 11.7 Å². The number of nitrogens with zero attached hydrogens (tertiary/aromatic N) is 3. The van der Waals surface area contributed by atoms with E-state index in [0.717, 1.165) is 11.3 Å². The van der Waals surface area contributed by atoms with Crippen LogP contribution < -0.4 is 10.1 Å². The molecule has 0 saturated heterocycles. The van der Waals surface area contributed by atoms with E-state index in [4.69, 9.17) is 9.15 Å². The molecule has 1 N–H and O–H groups in total. The van der Waals surface area contributed by atoms with Gasteiger partial charge in [0.2, 0.25) is 11.8 Å². The lowest BCUT2D eigenvalue weighted by molar-refractivity contribution is 0.185. The fraction of sp³-hybridized carbons (Fsp3) is 0.421. The smallest absolute Gasteiger partial charge is 0.322 e. The fourth-order valence-electron chi connectivity index (χ4n) is 2.17. The van der Waals surface area contributed by atoms with Crippen molar-refractivity contribution in [2.24, 2.45) is 0 Å². The van der Waals surface area contributed by atoms with Crippen molar-refractivity contribution in [1.29, 1.82) is 0 Å². The molecule has 2 rings (SSSR count). The Kier molecular flexibility index (Phi) is 6.77. The number of ether oxygens (including phenoxy) is 1. The number of anilines is 1. The van der Waals surface area contributed by atoms with E-state index >= 15 is 0 Å². The number of carbonyl (C=O) groups excluding carboxylic acids is 1. The Hall–Kier alpha value is -2.83. The molecule has 0 atom stereocenters. The standard InChI is InChI=1S/C19H26N4O3/c1-6-17-21-22-18(26-17)11-23(14(4)5)19(24)20-15-7-9-16(10-8-15)25-12-13(2)3/h7-10,14H,2,6,11-12H2,1,3-5H3,(H,20,24). The van der Waals surface area contributed by atoms with E-state index in [-0.39, 0.29) is 18.6 Å². The summed E-state index contributed by atoms with van der Waals surface area (Å²) in [7, 11) is 0. The molecule has 1 heterocycles. The van der Waals surface area contributed by atoms with Crippen molar-refractivity contribution in [1.82, 2.24) is 15.1 Å². The molecule has 0 spiro atoms. The van der Waals surface area contributed by atoms with Crippen LogP contribution >= 0.6 is 0 Å². The van der Waals surface area contributed by atoms with Gasteiger partial charge in [0.1, 0.15) is 18.9 Å². The molecule has 1 aromatic carbocycles. The number of benzene rings is 1. The molecule has 140 valence electrons. The van der Waals surface area contributed by atoms with Crippen LogP contribution in [0.25, 0.3) is 0 Å². The first-order chi connectivity index (χ1) is 12.4. The average Bonchev–Trinajstić information content (AvgIpc) is 3.06. The van der Waals surface area contributed by atoms with Crippen molar-refractivity contribution in [2.45, 2.75) is 46.7 Å². The van der Waals surface area contributed by atoms with Crippen LogP contribution in [0.3, 0.4) is 0 Å². The predicted octanol–water partition coefficient (Wildman–Crippen LogP) is 4.03. The van der Waals surface area contributed by atoms with Gasteiger partial charge in [-0.1, -0.05) is 13.5 Å². The third-order valence-electron chi connectivity index (χ3n) is 3.59. The summed E-state index contributed by atoms with van der Waals surface area (Å²) in [6.45, 7) is 12.2. The lowest BCUT2D eigenvalue weighted by Gasteiger charge is -2.25. The highest BCUT2D eigenvalue weighted by Gasteiger charge is 2.20. The second kappa shape index (κ2) is 9.03. The highest BCUT2D eigenvalue weighted by atomic mass is 16.5. The van der Waals surface area contributed by atoms with Crippen LogP contribution in [0, 0.1) is 0 Å². The number of amides is 2. The van der Waals surface area contributed by atoms with Gasteiger partial charge in [0.25, 0.3) is 0 Å². The Labute approximate surface area is 154 Å². The molecule has 0 aliphatic heterocycles. The molecular weight excluding hydrogens is 332 g/mol. The lowest BCUT2D eigenvalue weighted by Crippen LogP contribution is -2.39. The van der Waals surface area contributed by atoms with E-state index in [0.29, 0.717) is 30.5 Å². The maximum atomic E-state index is 12.6. The summed E-state index contributed by atoms with van der Waals surface area (Å²) in [5.74, 6) is 1.72. The minimum absolute atomic E-state index is 0.0230. The first-order valence-corrected chi connectivity index (χ1v) is 8.65. The highest BCUT2D eigenvalue weighted by Crippen LogP contribution is 2.18. The lowest BCUT2D eigenvalue weighted by atomic mass is 10.3. The number of nitrogens with one attached hydrogen (secondary N) is 1. The fourth-order valence-corrected chi connectivity index (χ4v) is 2.17. The minimum atomic E-state index is -0.230. The predicted molar refractivity (Wildman–Crippen MR) is 100 cm³/mol. The van der Waals surface area contributed by atoms with Crippen LogP contribution in [0.1, 0.15) is 39.5 Å². The molecule has 2 aromatic rings. The quantitative estimate of drug-likeness (QED) is 0.721. The Balaban J connectivity index is 1.99. The van der Waals surface area contributed by atoms with Crippen LogP contribution in [0.4, 0.5) is 10.5 Å². The van der Waals surface area contributed by atoms with Crippen LogP contribution in [0.15, 0.2) is 40.8 Å². The zero-order valence-electron chi connectivity index (χ0n) is 15.8. The Morgan fingerprint density at radius 2 is 1.92 bits per heavy atom. The van der Waals surface area contributed by atoms with E-state index in [1.54, 1.807) is 17.0 Å². The van der Waals surface area contributed by atoms with Gasteiger partial charge in [-0.2, -0.15) is 0 Å². The van der Waals surface area contributed by atoms with E-state index in [9.17, 15) is 4.79 Å². The summed E-state index contributed by atoms with van der Waals surface area (Å²) in [6, 6.07) is 6.96. The van der Waals surface area contributed by atoms with Gasteiger partial charge in [-0.05, 0) is 50.6 Å². The van der Waals surface area contributed by atoms with Crippen LogP contribution in [0.2, 0.25) is 0 Å². The molecule has 7 heteroatoms. The number of aromatic nitrogens is 2. The first kappa shape index (κ1) is 19.5. The maximum absolute atomic E-state index is 12.6. The Morgan fingerprint density at radius 3 is 2.46 bits per heavy atom. The molecule has 7 nitrogen and oxygen atoms in total. The van der Waals surface area contributed by atoms with Crippen molar-refractivity contribution in [3.8, 4) is 5.75 Å². The normalized spacial score (nSPS) is 10.7. The van der Waals surface area contributed by atoms with Crippen molar-refractivity contribution < 1.29 is 13.9 Å². The minimum Gasteiger partial charge on any atom is -0.489 e. The number of aryl methyl sites for hydroxylation is 1. The SMILES string of the molecule is C=C(C)COc1ccc(NC(=O)N(Cc2nnc(CC)o2)C(C)C)cc1. The van der Waals surface area contributed by atoms with E-state index in [1.807, 2.05) is 39.8 Å². The van der Waals surface area contributed by atoms with Crippen LogP contribution in [-0.4, -0.2) is 33.8 Å². The summed E-state index contributed by atoms with van der Waals surface area (Å²) in [5, 5.41) is 10.8. The molecule has 1 aromatic heterocycles. The van der Waals surface area contributed by atoms with E-state index < -0.39 is 0 Å². The van der Waals surface area contributed by atoms with Gasteiger partial charge in [-0.3, -0.25) is 0 Å². The zero-order valence-corrected chi connectivity index (χ0v) is 15.8. The van der Waals surface area contributed by atoms with Crippen molar-refractivity contribution in [2.75, 3.05) is 11.9 Å². The molecule has 0 fully saturated rings. The Morgan fingerprint density at radius 1 is 1.27 bits per heavy atom. The highest BCUT2D eigenvalue weighted by molar-refractivity contribution is 5.89. The summed E-state index contributed by atoms with van der Waals surface area (Å²) in [6.07, 6.45) is 0.667. The molecule has 0 aliphatic carbocycles. The molecule has 26 heavy (non-hydrogen) atoms.